The molecule has 1 aliphatic heterocycles. The van der Waals surface area contributed by atoms with Gasteiger partial charge in [0.25, 0.3) is 0 Å². The van der Waals surface area contributed by atoms with Crippen molar-refractivity contribution in [3.63, 3.8) is 0 Å². The molecule has 3 rings (SSSR count). The van der Waals surface area contributed by atoms with Crippen molar-refractivity contribution in [3.8, 4) is 0 Å². The van der Waals surface area contributed by atoms with Crippen LogP contribution in [0.2, 0.25) is 0 Å². The number of hydrogen-bond acceptors (Lipinski definition) is 2. The molecule has 0 radical (unpaired) electrons. The van der Waals surface area contributed by atoms with E-state index in [-0.39, 0.29) is 5.41 Å². The highest BCUT2D eigenvalue weighted by Crippen LogP contribution is 2.43. The minimum absolute atomic E-state index is 0.0895. The highest BCUT2D eigenvalue weighted by atomic mass is 15.6. The van der Waals surface area contributed by atoms with Gasteiger partial charge in [-0.25, -0.2) is 10.0 Å². The van der Waals surface area contributed by atoms with Crippen molar-refractivity contribution in [1.29, 1.82) is 0 Å². The first-order valence-corrected chi connectivity index (χ1v) is 7.68. The molecule has 1 fully saturated rings. The van der Waals surface area contributed by atoms with Gasteiger partial charge in [0, 0.05) is 32.1 Å². The Labute approximate surface area is 128 Å². The van der Waals surface area contributed by atoms with Crippen LogP contribution in [0.1, 0.15) is 24.5 Å². The van der Waals surface area contributed by atoms with Gasteiger partial charge in [-0.3, -0.25) is 0 Å². The monoisotopic (exact) mass is 280 g/mol. The Bertz CT molecular complexity index is 538. The first kappa shape index (κ1) is 14.3. The van der Waals surface area contributed by atoms with Gasteiger partial charge >= 0.3 is 0 Å². The van der Waals surface area contributed by atoms with E-state index in [1.807, 2.05) is 0 Å². The summed E-state index contributed by atoms with van der Waals surface area (Å²) in [5, 5.41) is 4.71. The Hall–Kier alpha value is -1.64. The molecular weight excluding hydrogens is 256 g/mol. The minimum Gasteiger partial charge on any atom is -0.248 e. The molecule has 1 aliphatic rings. The van der Waals surface area contributed by atoms with Gasteiger partial charge in [-0.05, 0) is 24.5 Å². The van der Waals surface area contributed by atoms with E-state index in [4.69, 9.17) is 0 Å². The molecule has 0 aromatic heterocycles. The zero-order chi connectivity index (χ0) is 14.9. The lowest BCUT2D eigenvalue weighted by Gasteiger charge is -2.32. The predicted molar refractivity (Wildman–Crippen MR) is 88.1 cm³/mol. The second kappa shape index (κ2) is 5.63. The fourth-order valence-corrected chi connectivity index (χ4v) is 3.74. The first-order chi connectivity index (χ1) is 10.1. The molecule has 2 aromatic rings. The maximum absolute atomic E-state index is 2.47. The van der Waals surface area contributed by atoms with Crippen molar-refractivity contribution in [2.24, 2.45) is 0 Å². The van der Waals surface area contributed by atoms with E-state index >= 15 is 0 Å². The average Bonchev–Trinajstić information content (AvgIpc) is 2.88. The number of benzene rings is 2. The minimum atomic E-state index is 0.0895. The van der Waals surface area contributed by atoms with Crippen molar-refractivity contribution in [1.82, 2.24) is 10.0 Å². The smallest absolute Gasteiger partial charge is 0.0359 e. The van der Waals surface area contributed by atoms with Gasteiger partial charge < -0.3 is 0 Å². The third kappa shape index (κ3) is 2.50. The summed E-state index contributed by atoms with van der Waals surface area (Å²) < 4.78 is 0. The summed E-state index contributed by atoms with van der Waals surface area (Å²) in [6, 6.07) is 22.5. The van der Waals surface area contributed by atoms with Gasteiger partial charge in [0.15, 0.2) is 0 Å². The van der Waals surface area contributed by atoms with E-state index in [9.17, 15) is 0 Å². The Kier molecular flexibility index (Phi) is 3.83. The highest BCUT2D eigenvalue weighted by molar-refractivity contribution is 5.41. The number of nitrogens with zero attached hydrogens (tertiary/aromatic N) is 2. The standard InChI is InChI=1S/C19H24N2/c1-16-14-19(15-21(16)20(2)3,17-10-6-4-7-11-17)18-12-8-5-9-13-18/h4-13,16H,14-15H2,1-3H3. The molecule has 2 heteroatoms. The van der Waals surface area contributed by atoms with Crippen LogP contribution in [-0.2, 0) is 5.41 Å². The molecule has 1 unspecified atom stereocenters. The second-order valence-corrected chi connectivity index (χ2v) is 6.31. The molecule has 0 spiro atoms. The molecule has 0 aliphatic carbocycles. The zero-order valence-electron chi connectivity index (χ0n) is 13.2. The fraction of sp³-hybridized carbons (Fsp3) is 0.368. The molecular formula is C19H24N2. The molecule has 0 amide bonds. The Morgan fingerprint density at radius 2 is 1.38 bits per heavy atom. The summed E-state index contributed by atoms with van der Waals surface area (Å²) in [5.74, 6) is 0. The van der Waals surface area contributed by atoms with Crippen LogP contribution in [0, 0.1) is 0 Å². The van der Waals surface area contributed by atoms with E-state index in [0.29, 0.717) is 6.04 Å². The van der Waals surface area contributed by atoms with Crippen molar-refractivity contribution in [3.05, 3.63) is 71.8 Å². The quantitative estimate of drug-likeness (QED) is 0.848. The molecule has 2 aromatic carbocycles. The summed E-state index contributed by atoms with van der Waals surface area (Å²) >= 11 is 0. The molecule has 1 atom stereocenters. The van der Waals surface area contributed by atoms with Crippen LogP contribution < -0.4 is 0 Å². The number of hydrogen-bond donors (Lipinski definition) is 0. The van der Waals surface area contributed by atoms with Crippen molar-refractivity contribution >= 4 is 0 Å². The highest BCUT2D eigenvalue weighted by Gasteiger charge is 2.45. The van der Waals surface area contributed by atoms with Crippen LogP contribution in [0.4, 0.5) is 0 Å². The molecule has 0 saturated carbocycles. The van der Waals surface area contributed by atoms with E-state index in [0.717, 1.165) is 13.0 Å². The van der Waals surface area contributed by atoms with Gasteiger partial charge in [-0.15, -0.1) is 0 Å². The topological polar surface area (TPSA) is 6.48 Å². The third-order valence-corrected chi connectivity index (χ3v) is 4.75. The fourth-order valence-electron chi connectivity index (χ4n) is 3.74. The summed E-state index contributed by atoms with van der Waals surface area (Å²) in [5.41, 5.74) is 2.94. The SMILES string of the molecule is CC1CC(c2ccccc2)(c2ccccc2)CN1N(C)C. The molecule has 2 nitrogen and oxygen atoms in total. The summed E-state index contributed by atoms with van der Waals surface area (Å²) in [7, 11) is 4.28. The van der Waals surface area contributed by atoms with Gasteiger partial charge in [0.05, 0.1) is 0 Å². The number of hydrazine groups is 1. The van der Waals surface area contributed by atoms with Crippen molar-refractivity contribution < 1.29 is 0 Å². The third-order valence-electron chi connectivity index (χ3n) is 4.75. The molecule has 21 heavy (non-hydrogen) atoms. The van der Waals surface area contributed by atoms with Crippen LogP contribution in [0.5, 0.6) is 0 Å². The van der Waals surface area contributed by atoms with Gasteiger partial charge in [-0.1, -0.05) is 60.7 Å². The lowest BCUT2D eigenvalue weighted by atomic mass is 9.73. The Balaban J connectivity index is 2.10. The molecule has 0 N–H and O–H groups in total. The van der Waals surface area contributed by atoms with Crippen LogP contribution >= 0.6 is 0 Å². The predicted octanol–water partition coefficient (Wildman–Crippen LogP) is 3.54. The van der Waals surface area contributed by atoms with Gasteiger partial charge in [0.1, 0.15) is 0 Å². The summed E-state index contributed by atoms with van der Waals surface area (Å²) in [6.45, 7) is 3.36. The van der Waals surface area contributed by atoms with Crippen LogP contribution in [-0.4, -0.2) is 36.7 Å². The lowest BCUT2D eigenvalue weighted by Crippen LogP contribution is -2.41. The second-order valence-electron chi connectivity index (χ2n) is 6.31. The van der Waals surface area contributed by atoms with E-state index in [1.54, 1.807) is 0 Å². The Morgan fingerprint density at radius 3 is 1.76 bits per heavy atom. The van der Waals surface area contributed by atoms with Crippen LogP contribution in [0.3, 0.4) is 0 Å². The first-order valence-electron chi connectivity index (χ1n) is 7.68. The van der Waals surface area contributed by atoms with Crippen molar-refractivity contribution in [2.75, 3.05) is 20.6 Å². The largest absolute Gasteiger partial charge is 0.248 e. The molecule has 110 valence electrons. The molecule has 1 heterocycles. The maximum atomic E-state index is 2.47. The van der Waals surface area contributed by atoms with Gasteiger partial charge in [-0.2, -0.15) is 0 Å². The summed E-state index contributed by atoms with van der Waals surface area (Å²) in [4.78, 5) is 0. The van der Waals surface area contributed by atoms with Crippen molar-refractivity contribution in [2.45, 2.75) is 24.8 Å². The van der Waals surface area contributed by atoms with E-state index < -0.39 is 0 Å². The normalized spacial score (nSPS) is 21.8. The maximum Gasteiger partial charge on any atom is 0.0359 e. The van der Waals surface area contributed by atoms with Crippen LogP contribution in [0.15, 0.2) is 60.7 Å². The molecule has 1 saturated heterocycles. The average molecular weight is 280 g/mol. The van der Waals surface area contributed by atoms with E-state index in [2.05, 4.69) is 91.7 Å². The van der Waals surface area contributed by atoms with E-state index in [1.165, 1.54) is 11.1 Å². The van der Waals surface area contributed by atoms with Crippen LogP contribution in [0.25, 0.3) is 0 Å². The molecule has 0 bridgehead atoms. The zero-order valence-corrected chi connectivity index (χ0v) is 13.2. The van der Waals surface area contributed by atoms with Gasteiger partial charge in [0.2, 0.25) is 0 Å². The Morgan fingerprint density at radius 1 is 0.905 bits per heavy atom. The summed E-state index contributed by atoms with van der Waals surface area (Å²) in [6.07, 6.45) is 1.15. The lowest BCUT2D eigenvalue weighted by molar-refractivity contribution is 0.0156. The number of rotatable bonds is 3.